The molecule has 0 aliphatic carbocycles. The molecule has 0 saturated carbocycles. The first kappa shape index (κ1) is 25.3. The predicted octanol–water partition coefficient (Wildman–Crippen LogP) is 5.75. The number of thiazole rings is 1. The fraction of sp³-hybridized carbons (Fsp3) is 0.241. The van der Waals surface area contributed by atoms with Crippen molar-refractivity contribution in [2.75, 3.05) is 50.6 Å². The predicted molar refractivity (Wildman–Crippen MR) is 162 cm³/mol. The van der Waals surface area contributed by atoms with Crippen LogP contribution in [0.25, 0.3) is 31.7 Å². The van der Waals surface area contributed by atoms with Crippen molar-refractivity contribution in [3.8, 4) is 22.1 Å². The first-order valence-electron chi connectivity index (χ1n) is 12.7. The quantitative estimate of drug-likeness (QED) is 0.272. The number of aryl methyl sites for hydroxylation is 1. The van der Waals surface area contributed by atoms with Crippen LogP contribution in [-0.2, 0) is 0 Å². The lowest BCUT2D eigenvalue weighted by atomic mass is 10.2. The van der Waals surface area contributed by atoms with Gasteiger partial charge in [-0.25, -0.2) is 15.0 Å². The summed E-state index contributed by atoms with van der Waals surface area (Å²) >= 11 is 7.48. The minimum Gasteiger partial charge on any atom is -0.493 e. The molecule has 8 nitrogen and oxygen atoms in total. The molecule has 1 aliphatic heterocycles. The summed E-state index contributed by atoms with van der Waals surface area (Å²) in [7, 11) is 3.26. The molecule has 0 spiro atoms. The highest BCUT2D eigenvalue weighted by molar-refractivity contribution is 7.80. The number of aromatic nitrogens is 3. The molecule has 3 heterocycles. The molecule has 2 aromatic heterocycles. The largest absolute Gasteiger partial charge is 0.493 e. The van der Waals surface area contributed by atoms with Crippen molar-refractivity contribution in [2.45, 2.75) is 6.92 Å². The highest BCUT2D eigenvalue weighted by atomic mass is 32.1. The number of hydrogen-bond acceptors (Lipinski definition) is 8. The standard InChI is InChI=1S/C29H28N6O2S2/c1-18-4-9-22-26(14-18)39-28(33-22)19-5-7-20(8-6-19)32-29(38)35-12-10-34(11-13-35)27-21-15-24(36-2)25(37-3)16-23(21)30-17-31-27/h4-9,14-17H,10-13H2,1-3H3,(H,32,38). The molecule has 0 unspecified atom stereocenters. The lowest BCUT2D eigenvalue weighted by Crippen LogP contribution is -2.50. The maximum Gasteiger partial charge on any atom is 0.173 e. The van der Waals surface area contributed by atoms with Gasteiger partial charge in [-0.05, 0) is 67.2 Å². The first-order chi connectivity index (χ1) is 19.0. The van der Waals surface area contributed by atoms with Gasteiger partial charge in [-0.3, -0.25) is 0 Å². The molecule has 0 atom stereocenters. The summed E-state index contributed by atoms with van der Waals surface area (Å²) in [5.74, 6) is 2.20. The highest BCUT2D eigenvalue weighted by Gasteiger charge is 2.22. The molecule has 1 N–H and O–H groups in total. The van der Waals surface area contributed by atoms with Gasteiger partial charge >= 0.3 is 0 Å². The van der Waals surface area contributed by atoms with Crippen molar-refractivity contribution in [1.29, 1.82) is 0 Å². The molecule has 10 heteroatoms. The third kappa shape index (κ3) is 5.05. The second-order valence-electron chi connectivity index (χ2n) is 9.39. The van der Waals surface area contributed by atoms with Crippen LogP contribution in [0.1, 0.15) is 5.56 Å². The minimum atomic E-state index is 0.652. The van der Waals surface area contributed by atoms with Gasteiger partial charge in [0.1, 0.15) is 17.2 Å². The molecule has 1 saturated heterocycles. The molecule has 6 rings (SSSR count). The van der Waals surface area contributed by atoms with Crippen LogP contribution in [0.2, 0.25) is 0 Å². The molecule has 0 bridgehead atoms. The molecule has 198 valence electrons. The van der Waals surface area contributed by atoms with E-state index in [0.717, 1.165) is 69.8 Å². The molecular weight excluding hydrogens is 528 g/mol. The van der Waals surface area contributed by atoms with Crippen LogP contribution in [0.3, 0.4) is 0 Å². The summed E-state index contributed by atoms with van der Waals surface area (Å²) in [6, 6.07) is 18.5. The lowest BCUT2D eigenvalue weighted by molar-refractivity contribution is 0.355. The fourth-order valence-electron chi connectivity index (χ4n) is 4.80. The average Bonchev–Trinajstić information content (AvgIpc) is 3.39. The van der Waals surface area contributed by atoms with E-state index in [2.05, 4.69) is 74.5 Å². The van der Waals surface area contributed by atoms with Gasteiger partial charge in [0.2, 0.25) is 0 Å². The van der Waals surface area contributed by atoms with Crippen LogP contribution in [-0.4, -0.2) is 65.4 Å². The van der Waals surface area contributed by atoms with Gasteiger partial charge in [0, 0.05) is 48.9 Å². The Morgan fingerprint density at radius 3 is 2.38 bits per heavy atom. The van der Waals surface area contributed by atoms with E-state index in [1.807, 2.05) is 12.1 Å². The summed E-state index contributed by atoms with van der Waals surface area (Å²) < 4.78 is 12.2. The topological polar surface area (TPSA) is 75.6 Å². The Bertz CT molecular complexity index is 1660. The first-order valence-corrected chi connectivity index (χ1v) is 13.9. The molecule has 5 aromatic rings. The van der Waals surface area contributed by atoms with E-state index in [9.17, 15) is 0 Å². The number of nitrogens with one attached hydrogen (secondary N) is 1. The Hall–Kier alpha value is -4.02. The van der Waals surface area contributed by atoms with Crippen molar-refractivity contribution in [3.05, 3.63) is 66.5 Å². The summed E-state index contributed by atoms with van der Waals surface area (Å²) in [6.07, 6.45) is 1.60. The van der Waals surface area contributed by atoms with E-state index in [1.165, 1.54) is 10.3 Å². The Morgan fingerprint density at radius 1 is 0.897 bits per heavy atom. The SMILES string of the molecule is COc1cc2ncnc(N3CCN(C(=S)Nc4ccc(-c5nc6ccc(C)cc6s5)cc4)CC3)c2cc1OC. The summed E-state index contributed by atoms with van der Waals surface area (Å²) in [5.41, 5.74) is 5.17. The van der Waals surface area contributed by atoms with E-state index < -0.39 is 0 Å². The van der Waals surface area contributed by atoms with Crippen molar-refractivity contribution >= 4 is 61.3 Å². The smallest absolute Gasteiger partial charge is 0.173 e. The summed E-state index contributed by atoms with van der Waals surface area (Å²) in [5, 5.41) is 6.08. The van der Waals surface area contributed by atoms with E-state index in [-0.39, 0.29) is 0 Å². The Labute approximate surface area is 236 Å². The van der Waals surface area contributed by atoms with Crippen LogP contribution in [0, 0.1) is 6.92 Å². The number of ether oxygens (including phenoxy) is 2. The number of piperazine rings is 1. The number of nitrogens with zero attached hydrogens (tertiary/aromatic N) is 5. The van der Waals surface area contributed by atoms with Gasteiger partial charge in [-0.1, -0.05) is 6.07 Å². The third-order valence-electron chi connectivity index (χ3n) is 6.91. The van der Waals surface area contributed by atoms with Crippen molar-refractivity contribution in [3.63, 3.8) is 0 Å². The monoisotopic (exact) mass is 556 g/mol. The number of fused-ring (bicyclic) bond motifs is 2. The average molecular weight is 557 g/mol. The number of rotatable bonds is 5. The molecule has 1 aliphatic rings. The summed E-state index contributed by atoms with van der Waals surface area (Å²) in [6.45, 7) is 5.26. The van der Waals surface area contributed by atoms with Gasteiger partial charge < -0.3 is 24.6 Å². The van der Waals surface area contributed by atoms with Gasteiger partial charge in [0.05, 0.1) is 30.0 Å². The zero-order chi connectivity index (χ0) is 26.9. The number of thiocarbonyl (C=S) groups is 1. The van der Waals surface area contributed by atoms with E-state index in [1.54, 1.807) is 31.9 Å². The van der Waals surface area contributed by atoms with E-state index >= 15 is 0 Å². The fourth-order valence-corrected chi connectivity index (χ4v) is 6.17. The van der Waals surface area contributed by atoms with Crippen LogP contribution in [0.5, 0.6) is 11.5 Å². The van der Waals surface area contributed by atoms with Gasteiger partial charge in [0.15, 0.2) is 16.6 Å². The molecular formula is C29H28N6O2S2. The molecule has 39 heavy (non-hydrogen) atoms. The molecule has 3 aromatic carbocycles. The highest BCUT2D eigenvalue weighted by Crippen LogP contribution is 2.35. The Balaban J connectivity index is 1.11. The van der Waals surface area contributed by atoms with Crippen LogP contribution < -0.4 is 19.7 Å². The second kappa shape index (κ2) is 10.6. The van der Waals surface area contributed by atoms with E-state index in [4.69, 9.17) is 26.7 Å². The zero-order valence-corrected chi connectivity index (χ0v) is 23.6. The Kier molecular flexibility index (Phi) is 6.88. The number of benzene rings is 3. The molecule has 0 radical (unpaired) electrons. The normalized spacial score (nSPS) is 13.6. The number of hydrogen-bond donors (Lipinski definition) is 1. The lowest BCUT2D eigenvalue weighted by Gasteiger charge is -2.37. The van der Waals surface area contributed by atoms with Crippen molar-refractivity contribution in [2.24, 2.45) is 0 Å². The van der Waals surface area contributed by atoms with Gasteiger partial charge in [-0.15, -0.1) is 11.3 Å². The number of anilines is 2. The second-order valence-corrected chi connectivity index (χ2v) is 10.8. The van der Waals surface area contributed by atoms with Gasteiger partial charge in [-0.2, -0.15) is 0 Å². The zero-order valence-electron chi connectivity index (χ0n) is 22.0. The van der Waals surface area contributed by atoms with E-state index in [0.29, 0.717) is 11.5 Å². The Morgan fingerprint density at radius 2 is 1.64 bits per heavy atom. The summed E-state index contributed by atoms with van der Waals surface area (Å²) in [4.78, 5) is 18.3. The minimum absolute atomic E-state index is 0.652. The molecule has 0 amide bonds. The van der Waals surface area contributed by atoms with Crippen molar-refractivity contribution in [1.82, 2.24) is 19.9 Å². The van der Waals surface area contributed by atoms with Gasteiger partial charge in [0.25, 0.3) is 0 Å². The number of methoxy groups -OCH3 is 2. The third-order valence-corrected chi connectivity index (χ3v) is 8.34. The maximum atomic E-state index is 5.76. The van der Waals surface area contributed by atoms with Crippen molar-refractivity contribution < 1.29 is 9.47 Å². The maximum absolute atomic E-state index is 5.76. The van der Waals surface area contributed by atoms with Crippen LogP contribution in [0.15, 0.2) is 60.9 Å². The van der Waals surface area contributed by atoms with Crippen LogP contribution >= 0.6 is 23.6 Å². The van der Waals surface area contributed by atoms with Crippen LogP contribution in [0.4, 0.5) is 11.5 Å². The molecule has 1 fully saturated rings.